The Labute approximate surface area is 93.5 Å². The second-order valence-electron chi connectivity index (χ2n) is 3.16. The molecule has 1 heterocycles. The van der Waals surface area contributed by atoms with Crippen LogP contribution in [0.3, 0.4) is 0 Å². The molecule has 0 aliphatic rings. The maximum Gasteiger partial charge on any atom is 0.140 e. The molecule has 2 aromatic rings. The molecule has 1 aromatic carbocycles. The van der Waals surface area contributed by atoms with Crippen LogP contribution in [0.2, 0.25) is 0 Å². The summed E-state index contributed by atoms with van der Waals surface area (Å²) in [6.07, 6.45) is 1.59. The van der Waals surface area contributed by atoms with Gasteiger partial charge in [-0.1, -0.05) is 0 Å². The second kappa shape index (κ2) is 3.73. The molecular weight excluding hydrogens is 266 g/mol. The van der Waals surface area contributed by atoms with Gasteiger partial charge in [0.15, 0.2) is 0 Å². The number of H-pyrrole nitrogens is 1. The average Bonchev–Trinajstić information content (AvgIpc) is 2.58. The maximum atomic E-state index is 13.4. The number of hydrogen-bond donors (Lipinski definition) is 1. The van der Waals surface area contributed by atoms with Crippen LogP contribution in [0.25, 0.3) is 11.4 Å². The Morgan fingerprint density at radius 2 is 2.00 bits per heavy atom. The molecule has 1 aromatic heterocycles. The molecule has 0 amide bonds. The van der Waals surface area contributed by atoms with Crippen LogP contribution in [0.15, 0.2) is 22.8 Å². The quantitative estimate of drug-likeness (QED) is 0.792. The zero-order chi connectivity index (χ0) is 11.0. The van der Waals surface area contributed by atoms with Gasteiger partial charge in [0.05, 0.1) is 10.0 Å². The highest BCUT2D eigenvalue weighted by atomic mass is 79.9. The molecule has 0 saturated heterocycles. The largest absolute Gasteiger partial charge is 0.342 e. The van der Waals surface area contributed by atoms with Crippen LogP contribution in [0.5, 0.6) is 0 Å². The van der Waals surface area contributed by atoms with Crippen LogP contribution in [-0.4, -0.2) is 9.97 Å². The summed E-state index contributed by atoms with van der Waals surface area (Å²) >= 11 is 3.00. The zero-order valence-electron chi connectivity index (χ0n) is 7.81. The van der Waals surface area contributed by atoms with Crippen molar-refractivity contribution in [2.24, 2.45) is 0 Å². The molecule has 0 aliphatic carbocycles. The number of nitrogens with one attached hydrogen (secondary N) is 1. The van der Waals surface area contributed by atoms with Crippen molar-refractivity contribution in [2.75, 3.05) is 0 Å². The van der Waals surface area contributed by atoms with Crippen molar-refractivity contribution >= 4 is 15.9 Å². The van der Waals surface area contributed by atoms with E-state index in [1.165, 1.54) is 6.07 Å². The molecule has 0 fully saturated rings. The first-order valence-corrected chi connectivity index (χ1v) is 5.04. The Balaban J connectivity index is 2.58. The van der Waals surface area contributed by atoms with E-state index in [0.29, 0.717) is 5.82 Å². The highest BCUT2D eigenvalue weighted by molar-refractivity contribution is 9.10. The molecule has 5 heteroatoms. The summed E-state index contributed by atoms with van der Waals surface area (Å²) in [5, 5.41) is 0. The van der Waals surface area contributed by atoms with Crippen molar-refractivity contribution < 1.29 is 8.78 Å². The third-order valence-electron chi connectivity index (χ3n) is 1.97. The van der Waals surface area contributed by atoms with E-state index in [2.05, 4.69) is 25.9 Å². The van der Waals surface area contributed by atoms with Gasteiger partial charge in [0.1, 0.15) is 17.5 Å². The van der Waals surface area contributed by atoms with E-state index in [0.717, 1.165) is 11.8 Å². The predicted octanol–water partition coefficient (Wildman–Crippen LogP) is 3.43. The predicted molar refractivity (Wildman–Crippen MR) is 56.4 cm³/mol. The molecule has 0 radical (unpaired) electrons. The van der Waals surface area contributed by atoms with Gasteiger partial charge in [-0.2, -0.15) is 0 Å². The number of benzene rings is 1. The molecule has 15 heavy (non-hydrogen) atoms. The topological polar surface area (TPSA) is 28.7 Å². The summed E-state index contributed by atoms with van der Waals surface area (Å²) in [7, 11) is 0. The van der Waals surface area contributed by atoms with Crippen LogP contribution >= 0.6 is 15.9 Å². The van der Waals surface area contributed by atoms with E-state index in [9.17, 15) is 8.78 Å². The Hall–Kier alpha value is -1.23. The molecule has 0 bridgehead atoms. The standard InChI is InChI=1S/C10H7BrF2N2/c1-5-4-14-10(15-5)6-2-7(11)9(13)3-8(6)12/h2-4H,1H3,(H,14,15). The third-order valence-corrected chi connectivity index (χ3v) is 2.58. The fourth-order valence-corrected chi connectivity index (χ4v) is 1.60. The fourth-order valence-electron chi connectivity index (χ4n) is 1.25. The number of imidazole rings is 1. The first-order valence-electron chi connectivity index (χ1n) is 4.24. The van der Waals surface area contributed by atoms with Gasteiger partial charge in [-0.05, 0) is 28.9 Å². The fraction of sp³-hybridized carbons (Fsp3) is 0.100. The molecule has 1 N–H and O–H groups in total. The molecule has 0 unspecified atom stereocenters. The van der Waals surface area contributed by atoms with E-state index in [1.807, 2.05) is 6.92 Å². The molecule has 0 saturated carbocycles. The molecule has 2 rings (SSSR count). The van der Waals surface area contributed by atoms with Crippen LogP contribution < -0.4 is 0 Å². The normalized spacial score (nSPS) is 10.7. The number of hydrogen-bond acceptors (Lipinski definition) is 1. The Kier molecular flexibility index (Phi) is 2.56. The summed E-state index contributed by atoms with van der Waals surface area (Å²) < 4.78 is 26.6. The lowest BCUT2D eigenvalue weighted by molar-refractivity contribution is 0.580. The van der Waals surface area contributed by atoms with E-state index >= 15 is 0 Å². The maximum absolute atomic E-state index is 13.4. The first kappa shape index (κ1) is 10.3. The SMILES string of the molecule is Cc1cnc(-c2cc(Br)c(F)cc2F)[nH]1. The van der Waals surface area contributed by atoms with Gasteiger partial charge in [0, 0.05) is 18.0 Å². The van der Waals surface area contributed by atoms with Gasteiger partial charge in [-0.3, -0.25) is 0 Å². The number of nitrogens with zero attached hydrogens (tertiary/aromatic N) is 1. The minimum atomic E-state index is -0.634. The van der Waals surface area contributed by atoms with Gasteiger partial charge in [0.25, 0.3) is 0 Å². The number of halogens is 3. The van der Waals surface area contributed by atoms with Crippen LogP contribution in [0, 0.1) is 18.6 Å². The van der Waals surface area contributed by atoms with Crippen molar-refractivity contribution in [1.82, 2.24) is 9.97 Å². The van der Waals surface area contributed by atoms with Gasteiger partial charge >= 0.3 is 0 Å². The summed E-state index contributed by atoms with van der Waals surface area (Å²) in [6.45, 7) is 1.81. The minimum absolute atomic E-state index is 0.216. The third kappa shape index (κ3) is 1.92. The lowest BCUT2D eigenvalue weighted by atomic mass is 10.2. The van der Waals surface area contributed by atoms with Crippen molar-refractivity contribution in [3.63, 3.8) is 0 Å². The van der Waals surface area contributed by atoms with Gasteiger partial charge in [0.2, 0.25) is 0 Å². The smallest absolute Gasteiger partial charge is 0.140 e. The molecular formula is C10H7BrF2N2. The summed E-state index contributed by atoms with van der Waals surface area (Å²) in [6, 6.07) is 2.19. The van der Waals surface area contributed by atoms with E-state index in [1.54, 1.807) is 6.20 Å². The average molecular weight is 273 g/mol. The van der Waals surface area contributed by atoms with Crippen LogP contribution in [-0.2, 0) is 0 Å². The monoisotopic (exact) mass is 272 g/mol. The van der Waals surface area contributed by atoms with Crippen molar-refractivity contribution in [3.05, 3.63) is 40.1 Å². The summed E-state index contributed by atoms with van der Waals surface area (Å²) in [5.41, 5.74) is 1.07. The number of aromatic amines is 1. The Bertz CT molecular complexity index is 508. The number of aryl methyl sites for hydroxylation is 1. The molecule has 2 nitrogen and oxygen atoms in total. The van der Waals surface area contributed by atoms with Crippen molar-refractivity contribution in [3.8, 4) is 11.4 Å². The number of aromatic nitrogens is 2. The molecule has 0 spiro atoms. The lowest BCUT2D eigenvalue weighted by Crippen LogP contribution is -1.89. The van der Waals surface area contributed by atoms with Gasteiger partial charge < -0.3 is 4.98 Å². The second-order valence-corrected chi connectivity index (χ2v) is 4.02. The first-order chi connectivity index (χ1) is 7.08. The summed E-state index contributed by atoms with van der Waals surface area (Å²) in [4.78, 5) is 6.86. The van der Waals surface area contributed by atoms with Crippen molar-refractivity contribution in [2.45, 2.75) is 6.92 Å². The van der Waals surface area contributed by atoms with Crippen molar-refractivity contribution in [1.29, 1.82) is 0 Å². The van der Waals surface area contributed by atoms with Crippen LogP contribution in [0.1, 0.15) is 5.69 Å². The number of rotatable bonds is 1. The molecule has 0 atom stereocenters. The molecule has 0 aliphatic heterocycles. The summed E-state index contributed by atoms with van der Waals surface area (Å²) in [5.74, 6) is -0.865. The van der Waals surface area contributed by atoms with E-state index in [4.69, 9.17) is 0 Å². The Morgan fingerprint density at radius 3 is 2.60 bits per heavy atom. The van der Waals surface area contributed by atoms with Gasteiger partial charge in [-0.25, -0.2) is 13.8 Å². The molecule has 78 valence electrons. The minimum Gasteiger partial charge on any atom is -0.342 e. The Morgan fingerprint density at radius 1 is 1.27 bits per heavy atom. The lowest BCUT2D eigenvalue weighted by Gasteiger charge is -2.01. The van der Waals surface area contributed by atoms with Crippen LogP contribution in [0.4, 0.5) is 8.78 Å². The van der Waals surface area contributed by atoms with E-state index < -0.39 is 11.6 Å². The van der Waals surface area contributed by atoms with E-state index in [-0.39, 0.29) is 10.0 Å². The highest BCUT2D eigenvalue weighted by Gasteiger charge is 2.12. The zero-order valence-corrected chi connectivity index (χ0v) is 9.40. The highest BCUT2D eigenvalue weighted by Crippen LogP contribution is 2.26. The van der Waals surface area contributed by atoms with Gasteiger partial charge in [-0.15, -0.1) is 0 Å².